The molecule has 0 spiro atoms. The molecule has 1 aliphatic heterocycles. The Balaban J connectivity index is 1.72. The van der Waals surface area contributed by atoms with Gasteiger partial charge >= 0.3 is 0 Å². The van der Waals surface area contributed by atoms with Crippen LogP contribution in [0, 0.1) is 12.8 Å². The number of aromatic nitrogens is 2. The average Bonchev–Trinajstić information content (AvgIpc) is 2.63. The summed E-state index contributed by atoms with van der Waals surface area (Å²) in [7, 11) is 0. The van der Waals surface area contributed by atoms with E-state index in [9.17, 15) is 4.79 Å². The van der Waals surface area contributed by atoms with Gasteiger partial charge in [0.25, 0.3) is 5.95 Å². The van der Waals surface area contributed by atoms with E-state index in [2.05, 4.69) is 25.3 Å². The van der Waals surface area contributed by atoms with Crippen molar-refractivity contribution in [3.63, 3.8) is 0 Å². The Labute approximate surface area is 150 Å². The summed E-state index contributed by atoms with van der Waals surface area (Å²) in [6.45, 7) is 4.43. The first-order valence-corrected chi connectivity index (χ1v) is 8.38. The molecular weight excluding hydrogens is 330 g/mol. The van der Waals surface area contributed by atoms with Crippen molar-refractivity contribution in [1.29, 1.82) is 0 Å². The zero-order valence-electron chi connectivity index (χ0n) is 14.4. The summed E-state index contributed by atoms with van der Waals surface area (Å²) in [5, 5.41) is 3.60. The molecule has 2 aliphatic rings. The van der Waals surface area contributed by atoms with Gasteiger partial charge in [0, 0.05) is 5.39 Å². The van der Waals surface area contributed by atoms with Crippen LogP contribution in [0.1, 0.15) is 12.6 Å². The van der Waals surface area contributed by atoms with E-state index < -0.39 is 0 Å². The lowest BCUT2D eigenvalue weighted by Gasteiger charge is -2.20. The number of nitrogens with one attached hydrogen (secondary N) is 1. The van der Waals surface area contributed by atoms with Crippen LogP contribution in [0.5, 0.6) is 5.75 Å². The average molecular weight is 347 g/mol. The summed E-state index contributed by atoms with van der Waals surface area (Å²) in [4.78, 5) is 29.8. The number of allylic oxidation sites excluding steroid dienone is 3. The number of carbonyl (C=O) groups is 1. The molecule has 0 fully saturated rings. The van der Waals surface area contributed by atoms with Crippen molar-refractivity contribution in [2.45, 2.75) is 13.8 Å². The van der Waals surface area contributed by atoms with Crippen molar-refractivity contribution < 1.29 is 9.53 Å². The number of nitrogens with zero attached hydrogens (tertiary/aromatic N) is 4. The number of aryl methyl sites for hydroxylation is 1. The fourth-order valence-electron chi connectivity index (χ4n) is 2.90. The maximum Gasteiger partial charge on any atom is 0.253 e. The van der Waals surface area contributed by atoms with Crippen LogP contribution in [-0.2, 0) is 4.79 Å². The second-order valence-electron chi connectivity index (χ2n) is 5.90. The van der Waals surface area contributed by atoms with Gasteiger partial charge in [-0.15, -0.1) is 0 Å². The third-order valence-electron chi connectivity index (χ3n) is 4.12. The van der Waals surface area contributed by atoms with Crippen molar-refractivity contribution >= 4 is 34.4 Å². The normalized spacial score (nSPS) is 20.1. The molecule has 1 aromatic heterocycles. The highest BCUT2D eigenvalue weighted by Gasteiger charge is 2.27. The number of carbonyl (C=O) groups excluding carboxylic acids is 1. The van der Waals surface area contributed by atoms with E-state index in [1.54, 1.807) is 12.2 Å². The van der Waals surface area contributed by atoms with Gasteiger partial charge in [0.05, 0.1) is 29.4 Å². The molecule has 1 aliphatic carbocycles. The SMILES string of the molecule is CCOc1ccc2nc(/N=C3\N=C4C=CC=CC4C(=O)N3)nc(C)c2c1. The van der Waals surface area contributed by atoms with Crippen LogP contribution in [0.2, 0.25) is 0 Å². The quantitative estimate of drug-likeness (QED) is 0.924. The summed E-state index contributed by atoms with van der Waals surface area (Å²) < 4.78 is 5.52. The van der Waals surface area contributed by atoms with Crippen molar-refractivity contribution in [3.8, 4) is 5.75 Å². The predicted molar refractivity (Wildman–Crippen MR) is 99.9 cm³/mol. The molecular formula is C19H17N5O2. The fourth-order valence-corrected chi connectivity index (χ4v) is 2.90. The van der Waals surface area contributed by atoms with Crippen LogP contribution in [0.4, 0.5) is 5.95 Å². The molecule has 1 atom stereocenters. The van der Waals surface area contributed by atoms with E-state index in [-0.39, 0.29) is 23.7 Å². The van der Waals surface area contributed by atoms with Crippen LogP contribution >= 0.6 is 0 Å². The van der Waals surface area contributed by atoms with E-state index in [1.807, 2.05) is 44.2 Å². The third-order valence-corrected chi connectivity index (χ3v) is 4.12. The molecule has 0 bridgehead atoms. The monoisotopic (exact) mass is 347 g/mol. The highest BCUT2D eigenvalue weighted by molar-refractivity contribution is 6.22. The zero-order chi connectivity index (χ0) is 18.1. The van der Waals surface area contributed by atoms with Crippen molar-refractivity contribution in [2.24, 2.45) is 15.9 Å². The first-order chi connectivity index (χ1) is 12.6. The molecule has 7 heteroatoms. The number of rotatable bonds is 3. The lowest BCUT2D eigenvalue weighted by Crippen LogP contribution is -2.42. The summed E-state index contributed by atoms with van der Waals surface area (Å²) in [6.07, 6.45) is 7.29. The Bertz CT molecular complexity index is 1020. The topological polar surface area (TPSA) is 88.8 Å². The molecule has 26 heavy (non-hydrogen) atoms. The molecule has 1 aromatic carbocycles. The smallest absolute Gasteiger partial charge is 0.253 e. The van der Waals surface area contributed by atoms with E-state index in [4.69, 9.17) is 4.74 Å². The van der Waals surface area contributed by atoms with Gasteiger partial charge in [-0.2, -0.15) is 4.99 Å². The summed E-state index contributed by atoms with van der Waals surface area (Å²) in [5.41, 5.74) is 2.20. The van der Waals surface area contributed by atoms with Gasteiger partial charge in [0.15, 0.2) is 0 Å². The Morgan fingerprint density at radius 3 is 3.00 bits per heavy atom. The van der Waals surface area contributed by atoms with E-state index >= 15 is 0 Å². The Kier molecular flexibility index (Phi) is 4.04. The van der Waals surface area contributed by atoms with E-state index in [0.717, 1.165) is 22.3 Å². The summed E-state index contributed by atoms with van der Waals surface area (Å²) >= 11 is 0. The second kappa shape index (κ2) is 6.51. The van der Waals surface area contributed by atoms with Crippen LogP contribution < -0.4 is 10.1 Å². The highest BCUT2D eigenvalue weighted by atomic mass is 16.5. The largest absolute Gasteiger partial charge is 0.494 e. The predicted octanol–water partition coefficient (Wildman–Crippen LogP) is 2.64. The molecule has 0 radical (unpaired) electrons. The van der Waals surface area contributed by atoms with Gasteiger partial charge in [-0.1, -0.05) is 18.2 Å². The second-order valence-corrected chi connectivity index (χ2v) is 5.90. The third kappa shape index (κ3) is 2.99. The number of ether oxygens (including phenoxy) is 1. The first-order valence-electron chi connectivity index (χ1n) is 8.38. The van der Waals surface area contributed by atoms with Gasteiger partial charge in [-0.25, -0.2) is 15.0 Å². The molecule has 1 N–H and O–H groups in total. The van der Waals surface area contributed by atoms with Crippen molar-refractivity contribution in [3.05, 3.63) is 48.2 Å². The van der Waals surface area contributed by atoms with Gasteiger partial charge in [-0.05, 0) is 38.1 Å². The molecule has 2 heterocycles. The Morgan fingerprint density at radius 1 is 1.27 bits per heavy atom. The number of hydrogen-bond donors (Lipinski definition) is 1. The fraction of sp³-hybridized carbons (Fsp3) is 0.211. The maximum atomic E-state index is 12.2. The molecule has 0 saturated carbocycles. The van der Waals surface area contributed by atoms with Gasteiger partial charge < -0.3 is 4.74 Å². The number of guanidine groups is 1. The molecule has 4 rings (SSSR count). The standard InChI is InChI=1S/C19H17N5O2/c1-3-26-12-8-9-16-14(10-12)11(2)20-18(22-16)24-19-21-15-7-5-4-6-13(15)17(25)23-19/h4-10,13H,3H2,1-2H3,(H,20,22,23,24,25). The molecule has 2 aromatic rings. The minimum atomic E-state index is -0.366. The zero-order valence-corrected chi connectivity index (χ0v) is 14.4. The van der Waals surface area contributed by atoms with Crippen LogP contribution in [-0.4, -0.2) is 34.2 Å². The molecule has 7 nitrogen and oxygen atoms in total. The van der Waals surface area contributed by atoms with E-state index in [0.29, 0.717) is 12.3 Å². The van der Waals surface area contributed by atoms with Gasteiger partial charge in [0.1, 0.15) is 5.75 Å². The lowest BCUT2D eigenvalue weighted by molar-refractivity contribution is -0.120. The minimum Gasteiger partial charge on any atom is -0.494 e. The number of benzene rings is 1. The van der Waals surface area contributed by atoms with Gasteiger partial charge in [-0.3, -0.25) is 10.1 Å². The summed E-state index contributed by atoms with van der Waals surface area (Å²) in [5.74, 6) is 0.710. The van der Waals surface area contributed by atoms with Crippen molar-refractivity contribution in [2.75, 3.05) is 6.61 Å². The van der Waals surface area contributed by atoms with Crippen LogP contribution in [0.3, 0.4) is 0 Å². The lowest BCUT2D eigenvalue weighted by atomic mass is 9.96. The number of fused-ring (bicyclic) bond motifs is 2. The molecule has 130 valence electrons. The molecule has 0 saturated heterocycles. The molecule has 1 amide bonds. The number of hydrogen-bond acceptors (Lipinski definition) is 5. The molecule has 1 unspecified atom stereocenters. The maximum absolute atomic E-state index is 12.2. The van der Waals surface area contributed by atoms with Crippen LogP contribution in [0.15, 0.2) is 52.5 Å². The highest BCUT2D eigenvalue weighted by Crippen LogP contribution is 2.24. The Hall–Kier alpha value is -3.35. The summed E-state index contributed by atoms with van der Waals surface area (Å²) in [6, 6.07) is 5.65. The van der Waals surface area contributed by atoms with Crippen LogP contribution in [0.25, 0.3) is 10.9 Å². The van der Waals surface area contributed by atoms with Gasteiger partial charge in [0.2, 0.25) is 11.9 Å². The van der Waals surface area contributed by atoms with E-state index in [1.165, 1.54) is 0 Å². The first kappa shape index (κ1) is 16.1. The number of amides is 1. The minimum absolute atomic E-state index is 0.159. The number of aliphatic imine (C=N–C) groups is 2. The Morgan fingerprint density at radius 2 is 2.15 bits per heavy atom. The van der Waals surface area contributed by atoms with Crippen molar-refractivity contribution in [1.82, 2.24) is 15.3 Å².